The molecule has 0 aromatic carbocycles. The molecular weight excluding hydrogens is 474 g/mol. The topological polar surface area (TPSA) is 244 Å². The first-order valence-corrected chi connectivity index (χ1v) is 12.0. The van der Waals surface area contributed by atoms with Gasteiger partial charge in [-0.3, -0.25) is 24.2 Å². The number of amides is 3. The minimum Gasteiger partial charge on any atom is -0.481 e. The van der Waals surface area contributed by atoms with Crippen LogP contribution in [0.3, 0.4) is 0 Å². The van der Waals surface area contributed by atoms with Crippen LogP contribution in [0, 0.1) is 5.92 Å². The van der Waals surface area contributed by atoms with Crippen LogP contribution in [0.1, 0.15) is 58.8 Å². The number of likely N-dealkylation sites (tertiary alicyclic amines) is 1. The van der Waals surface area contributed by atoms with Gasteiger partial charge in [-0.1, -0.05) is 13.8 Å². The average Bonchev–Trinajstić information content (AvgIpc) is 3.27. The van der Waals surface area contributed by atoms with E-state index in [9.17, 15) is 29.1 Å². The van der Waals surface area contributed by atoms with Crippen LogP contribution in [0.25, 0.3) is 0 Å². The Balaban J connectivity index is 3.06. The van der Waals surface area contributed by atoms with E-state index in [0.29, 0.717) is 25.7 Å². The Kier molecular flexibility index (Phi) is 12.6. The highest BCUT2D eigenvalue weighted by molar-refractivity contribution is 5.94. The molecule has 1 heterocycles. The predicted octanol–water partition coefficient (Wildman–Crippen LogP) is -1.68. The molecule has 1 fully saturated rings. The van der Waals surface area contributed by atoms with Crippen molar-refractivity contribution in [2.45, 2.75) is 83.0 Å². The zero-order valence-corrected chi connectivity index (χ0v) is 20.8. The maximum Gasteiger partial charge on any atom is 0.326 e. The third-order valence-corrected chi connectivity index (χ3v) is 5.72. The van der Waals surface area contributed by atoms with Crippen molar-refractivity contribution in [2.24, 2.45) is 28.1 Å². The molecule has 0 aromatic rings. The molecule has 14 heteroatoms. The molecule has 0 aliphatic carbocycles. The van der Waals surface area contributed by atoms with E-state index >= 15 is 0 Å². The van der Waals surface area contributed by atoms with E-state index in [1.165, 1.54) is 4.90 Å². The summed E-state index contributed by atoms with van der Waals surface area (Å²) in [6.45, 7) is 4.15. The molecule has 14 nitrogen and oxygen atoms in total. The van der Waals surface area contributed by atoms with Crippen LogP contribution >= 0.6 is 0 Å². The number of aliphatic imine (C=N–C) groups is 1. The number of nitrogens with one attached hydrogen (secondary N) is 2. The van der Waals surface area contributed by atoms with Gasteiger partial charge >= 0.3 is 11.9 Å². The lowest BCUT2D eigenvalue weighted by Crippen LogP contribution is -2.57. The number of nitrogens with zero attached hydrogens (tertiary/aromatic N) is 2. The molecule has 1 rings (SSSR count). The number of carbonyl (C=O) groups is 5. The maximum atomic E-state index is 13.2. The number of carbonyl (C=O) groups excluding carboxylic acids is 3. The third kappa shape index (κ3) is 10.5. The number of hydrogen-bond donors (Lipinski definition) is 7. The zero-order chi connectivity index (χ0) is 27.4. The van der Waals surface area contributed by atoms with Gasteiger partial charge in [0.1, 0.15) is 18.1 Å². The van der Waals surface area contributed by atoms with Crippen molar-refractivity contribution in [3.05, 3.63) is 0 Å². The Morgan fingerprint density at radius 3 is 2.22 bits per heavy atom. The Morgan fingerprint density at radius 2 is 1.67 bits per heavy atom. The third-order valence-electron chi connectivity index (χ3n) is 5.72. The van der Waals surface area contributed by atoms with Crippen molar-refractivity contribution in [2.75, 3.05) is 13.1 Å². The smallest absolute Gasteiger partial charge is 0.326 e. The maximum absolute atomic E-state index is 13.2. The molecule has 0 spiro atoms. The van der Waals surface area contributed by atoms with Crippen LogP contribution in [0.5, 0.6) is 0 Å². The molecule has 0 aromatic heterocycles. The fraction of sp³-hybridized carbons (Fsp3) is 0.727. The Bertz CT molecular complexity index is 830. The summed E-state index contributed by atoms with van der Waals surface area (Å²) in [5.74, 6) is -4.30. The van der Waals surface area contributed by atoms with Gasteiger partial charge in [0.15, 0.2) is 5.96 Å². The first-order valence-electron chi connectivity index (χ1n) is 12.0. The first kappa shape index (κ1) is 30.6. The van der Waals surface area contributed by atoms with Gasteiger partial charge in [0.2, 0.25) is 17.7 Å². The zero-order valence-electron chi connectivity index (χ0n) is 20.8. The highest BCUT2D eigenvalue weighted by atomic mass is 16.4. The SMILES string of the molecule is CC(C)CC(N)C(=O)NC(CCC(=O)O)C(=O)NC(CCCN=C(N)N)C(=O)N1CCCC1C(=O)O. The lowest BCUT2D eigenvalue weighted by molar-refractivity contribution is -0.149. The molecular formula is C22H39N7O7. The molecule has 4 atom stereocenters. The minimum absolute atomic E-state index is 0.0939. The standard InChI is InChI=1S/C22H39N7O7/c1-12(2)11-13(23)18(32)27-14(7-8-17(30)31)19(33)28-15(5-3-9-26-22(24)25)20(34)29-10-4-6-16(29)21(35)36/h12-16H,3-11,23H2,1-2H3,(H,27,32)(H,28,33)(H,30,31)(H,35,36)(H4,24,25,26). The fourth-order valence-corrected chi connectivity index (χ4v) is 3.95. The number of carboxylic acid groups (broad SMARTS) is 2. The Labute approximate surface area is 210 Å². The van der Waals surface area contributed by atoms with Crippen molar-refractivity contribution >= 4 is 35.6 Å². The van der Waals surface area contributed by atoms with E-state index < -0.39 is 60.2 Å². The van der Waals surface area contributed by atoms with Gasteiger partial charge in [-0.15, -0.1) is 0 Å². The monoisotopic (exact) mass is 513 g/mol. The van der Waals surface area contributed by atoms with E-state index in [1.807, 2.05) is 13.8 Å². The summed E-state index contributed by atoms with van der Waals surface area (Å²) in [5, 5.41) is 23.6. The lowest BCUT2D eigenvalue weighted by atomic mass is 10.0. The van der Waals surface area contributed by atoms with E-state index in [-0.39, 0.29) is 37.8 Å². The van der Waals surface area contributed by atoms with Crippen LogP contribution < -0.4 is 27.8 Å². The van der Waals surface area contributed by atoms with Gasteiger partial charge in [0.25, 0.3) is 0 Å². The highest BCUT2D eigenvalue weighted by Crippen LogP contribution is 2.20. The molecule has 1 aliphatic rings. The number of hydrogen-bond acceptors (Lipinski definition) is 7. The van der Waals surface area contributed by atoms with Gasteiger partial charge in [0, 0.05) is 19.5 Å². The van der Waals surface area contributed by atoms with Gasteiger partial charge in [-0.05, 0) is 44.4 Å². The number of carboxylic acids is 2. The van der Waals surface area contributed by atoms with E-state index in [2.05, 4.69) is 15.6 Å². The molecule has 1 aliphatic heterocycles. The van der Waals surface area contributed by atoms with Crippen LogP contribution in [0.2, 0.25) is 0 Å². The second-order valence-electron chi connectivity index (χ2n) is 9.27. The molecule has 10 N–H and O–H groups in total. The van der Waals surface area contributed by atoms with Gasteiger partial charge < -0.3 is 42.9 Å². The molecule has 1 saturated heterocycles. The van der Waals surface area contributed by atoms with Crippen molar-refractivity contribution in [1.82, 2.24) is 15.5 Å². The number of rotatable bonds is 15. The Hall–Kier alpha value is -3.42. The first-order chi connectivity index (χ1) is 16.8. The summed E-state index contributed by atoms with van der Waals surface area (Å²) in [5.41, 5.74) is 16.5. The fourth-order valence-electron chi connectivity index (χ4n) is 3.95. The predicted molar refractivity (Wildman–Crippen MR) is 130 cm³/mol. The molecule has 3 amide bonds. The average molecular weight is 514 g/mol. The molecule has 0 saturated carbocycles. The van der Waals surface area contributed by atoms with Crippen molar-refractivity contribution < 1.29 is 34.2 Å². The summed E-state index contributed by atoms with van der Waals surface area (Å²) >= 11 is 0. The summed E-state index contributed by atoms with van der Waals surface area (Å²) < 4.78 is 0. The molecule has 204 valence electrons. The van der Waals surface area contributed by atoms with E-state index in [1.54, 1.807) is 0 Å². The van der Waals surface area contributed by atoms with Crippen LogP contribution in [-0.4, -0.2) is 88.0 Å². The quantitative estimate of drug-likeness (QED) is 0.0744. The second kappa shape index (κ2) is 14.9. The molecule has 36 heavy (non-hydrogen) atoms. The van der Waals surface area contributed by atoms with Crippen molar-refractivity contribution in [3.8, 4) is 0 Å². The van der Waals surface area contributed by atoms with E-state index in [4.69, 9.17) is 22.3 Å². The lowest BCUT2D eigenvalue weighted by Gasteiger charge is -2.29. The highest BCUT2D eigenvalue weighted by Gasteiger charge is 2.38. The van der Waals surface area contributed by atoms with Crippen molar-refractivity contribution in [3.63, 3.8) is 0 Å². The number of nitrogens with two attached hydrogens (primary N) is 3. The van der Waals surface area contributed by atoms with Crippen LogP contribution in [-0.2, 0) is 24.0 Å². The van der Waals surface area contributed by atoms with Gasteiger partial charge in [-0.25, -0.2) is 4.79 Å². The molecule has 0 radical (unpaired) electrons. The molecule has 0 bridgehead atoms. The summed E-state index contributed by atoms with van der Waals surface area (Å²) in [4.78, 5) is 66.6. The Morgan fingerprint density at radius 1 is 1.03 bits per heavy atom. The van der Waals surface area contributed by atoms with Gasteiger partial charge in [-0.2, -0.15) is 0 Å². The normalized spacial score (nSPS) is 17.7. The van der Waals surface area contributed by atoms with E-state index in [0.717, 1.165) is 0 Å². The second-order valence-corrected chi connectivity index (χ2v) is 9.27. The van der Waals surface area contributed by atoms with Gasteiger partial charge in [0.05, 0.1) is 6.04 Å². The van der Waals surface area contributed by atoms with Crippen LogP contribution in [0.15, 0.2) is 4.99 Å². The van der Waals surface area contributed by atoms with Crippen molar-refractivity contribution in [1.29, 1.82) is 0 Å². The molecule has 4 unspecified atom stereocenters. The number of guanidine groups is 1. The summed E-state index contributed by atoms with van der Waals surface area (Å²) in [7, 11) is 0. The largest absolute Gasteiger partial charge is 0.481 e. The summed E-state index contributed by atoms with van der Waals surface area (Å²) in [6, 6.07) is -4.29. The minimum atomic E-state index is -1.26. The summed E-state index contributed by atoms with van der Waals surface area (Å²) in [6.07, 6.45) is 0.910. The van der Waals surface area contributed by atoms with Crippen LogP contribution in [0.4, 0.5) is 0 Å². The number of aliphatic carboxylic acids is 2.